The fraction of sp³-hybridized carbons (Fsp3) is 0.133. The molecule has 23 heavy (non-hydrogen) atoms. The van der Waals surface area contributed by atoms with Gasteiger partial charge >= 0.3 is 0 Å². The number of ether oxygens (including phenoxy) is 2. The first-order valence-electron chi connectivity index (χ1n) is 6.74. The number of hydrazine groups is 1. The van der Waals surface area contributed by atoms with Crippen molar-refractivity contribution in [3.63, 3.8) is 0 Å². The number of H-pyrrole nitrogens is 1. The second-order valence-electron chi connectivity index (χ2n) is 4.83. The molecular weight excluding hydrogens is 302 g/mol. The quantitative estimate of drug-likeness (QED) is 0.579. The number of ketones is 1. The molecule has 1 aromatic heterocycles. The van der Waals surface area contributed by atoms with Gasteiger partial charge in [-0.05, 0) is 31.2 Å². The van der Waals surface area contributed by atoms with E-state index in [0.29, 0.717) is 22.6 Å². The Morgan fingerprint density at radius 3 is 2.48 bits per heavy atom. The Hall–Kier alpha value is -3.29. The first-order valence-corrected chi connectivity index (χ1v) is 6.74. The van der Waals surface area contributed by atoms with Crippen LogP contribution in [0.25, 0.3) is 0 Å². The molecule has 0 saturated carbocycles. The van der Waals surface area contributed by atoms with Gasteiger partial charge in [0.05, 0.1) is 0 Å². The van der Waals surface area contributed by atoms with Crippen LogP contribution in [0, 0.1) is 0 Å². The van der Waals surface area contributed by atoms with Gasteiger partial charge < -0.3 is 14.5 Å². The summed E-state index contributed by atoms with van der Waals surface area (Å²) in [5, 5.41) is 0. The lowest BCUT2D eigenvalue weighted by atomic mass is 10.2. The predicted octanol–water partition coefficient (Wildman–Crippen LogP) is 1.02. The molecule has 1 aliphatic rings. The average molecular weight is 315 g/mol. The topological polar surface area (TPSA) is 110 Å². The number of Topliss-reactive ketones (excluding diaryl/α,β-unsaturated/α-hetero) is 1. The molecule has 0 spiro atoms. The third kappa shape index (κ3) is 3.00. The summed E-state index contributed by atoms with van der Waals surface area (Å²) < 4.78 is 10.3. The highest BCUT2D eigenvalue weighted by molar-refractivity contribution is 6.01. The minimum Gasteiger partial charge on any atom is -0.454 e. The summed E-state index contributed by atoms with van der Waals surface area (Å²) in [6.07, 6.45) is 1.43. The van der Waals surface area contributed by atoms with Crippen molar-refractivity contribution in [2.24, 2.45) is 0 Å². The molecule has 3 N–H and O–H groups in total. The molecule has 0 unspecified atom stereocenters. The van der Waals surface area contributed by atoms with Gasteiger partial charge in [-0.3, -0.25) is 25.2 Å². The van der Waals surface area contributed by atoms with Crippen LogP contribution in [-0.4, -0.2) is 29.4 Å². The molecule has 0 fully saturated rings. The van der Waals surface area contributed by atoms with Gasteiger partial charge in [0.15, 0.2) is 17.3 Å². The number of hydrogen-bond donors (Lipinski definition) is 3. The van der Waals surface area contributed by atoms with Gasteiger partial charge in [0, 0.05) is 17.3 Å². The first-order chi connectivity index (χ1) is 11.0. The van der Waals surface area contributed by atoms with Gasteiger partial charge in [-0.1, -0.05) is 0 Å². The van der Waals surface area contributed by atoms with E-state index in [2.05, 4.69) is 15.8 Å². The predicted molar refractivity (Wildman–Crippen MR) is 78.3 cm³/mol. The molecule has 8 heteroatoms. The van der Waals surface area contributed by atoms with Gasteiger partial charge in [-0.25, -0.2) is 0 Å². The Kier molecular flexibility index (Phi) is 3.71. The Balaban J connectivity index is 1.62. The van der Waals surface area contributed by atoms with Crippen molar-refractivity contribution in [3.8, 4) is 11.5 Å². The van der Waals surface area contributed by atoms with E-state index in [4.69, 9.17) is 9.47 Å². The van der Waals surface area contributed by atoms with Gasteiger partial charge in [0.1, 0.15) is 5.69 Å². The third-order valence-electron chi connectivity index (χ3n) is 3.26. The van der Waals surface area contributed by atoms with Crippen LogP contribution in [0.1, 0.15) is 38.1 Å². The number of aromatic nitrogens is 1. The van der Waals surface area contributed by atoms with E-state index in [-0.39, 0.29) is 18.3 Å². The van der Waals surface area contributed by atoms with Crippen LogP contribution in [0.15, 0.2) is 30.5 Å². The zero-order valence-corrected chi connectivity index (χ0v) is 12.1. The number of rotatable bonds is 3. The molecule has 0 atom stereocenters. The highest BCUT2D eigenvalue weighted by atomic mass is 16.7. The maximum absolute atomic E-state index is 12.0. The van der Waals surface area contributed by atoms with Crippen molar-refractivity contribution >= 4 is 17.6 Å². The fourth-order valence-electron chi connectivity index (χ4n) is 2.02. The average Bonchev–Trinajstić information content (AvgIpc) is 3.20. The van der Waals surface area contributed by atoms with Crippen LogP contribution in [0.2, 0.25) is 0 Å². The van der Waals surface area contributed by atoms with Gasteiger partial charge in [-0.15, -0.1) is 0 Å². The van der Waals surface area contributed by atoms with Crippen LogP contribution in [0.4, 0.5) is 0 Å². The summed E-state index contributed by atoms with van der Waals surface area (Å²) in [5.74, 6) is -0.195. The number of carbonyl (C=O) groups is 3. The van der Waals surface area contributed by atoms with Crippen LogP contribution >= 0.6 is 0 Å². The summed E-state index contributed by atoms with van der Waals surface area (Å²) in [4.78, 5) is 37.7. The van der Waals surface area contributed by atoms with Gasteiger partial charge in [0.25, 0.3) is 11.8 Å². The normalized spacial score (nSPS) is 11.9. The third-order valence-corrected chi connectivity index (χ3v) is 3.26. The number of hydrogen-bond acceptors (Lipinski definition) is 5. The van der Waals surface area contributed by atoms with E-state index in [1.54, 1.807) is 12.1 Å². The Labute approximate surface area is 130 Å². The van der Waals surface area contributed by atoms with E-state index in [1.807, 2.05) is 0 Å². The summed E-state index contributed by atoms with van der Waals surface area (Å²) >= 11 is 0. The Morgan fingerprint density at radius 2 is 1.74 bits per heavy atom. The van der Waals surface area contributed by atoms with Crippen LogP contribution in [-0.2, 0) is 0 Å². The highest BCUT2D eigenvalue weighted by Crippen LogP contribution is 2.32. The molecule has 2 aromatic rings. The van der Waals surface area contributed by atoms with Crippen molar-refractivity contribution in [2.75, 3.05) is 6.79 Å². The molecule has 0 bridgehead atoms. The monoisotopic (exact) mass is 315 g/mol. The standard InChI is InChI=1S/C15H13N3O5/c1-8(19)10-4-11(16-6-10)15(21)18-17-14(20)9-2-3-12-13(5-9)23-7-22-12/h2-6,16H,7H2,1H3,(H,17,20)(H,18,21). The molecule has 1 aliphatic heterocycles. The van der Waals surface area contributed by atoms with Crippen molar-refractivity contribution in [3.05, 3.63) is 47.3 Å². The fourth-order valence-corrected chi connectivity index (χ4v) is 2.02. The van der Waals surface area contributed by atoms with E-state index in [0.717, 1.165) is 0 Å². The molecule has 3 rings (SSSR count). The number of aromatic amines is 1. The van der Waals surface area contributed by atoms with Crippen molar-refractivity contribution in [2.45, 2.75) is 6.92 Å². The number of nitrogens with one attached hydrogen (secondary N) is 3. The maximum atomic E-state index is 12.0. The smallest absolute Gasteiger partial charge is 0.286 e. The maximum Gasteiger partial charge on any atom is 0.286 e. The van der Waals surface area contributed by atoms with Crippen molar-refractivity contribution in [1.29, 1.82) is 0 Å². The van der Waals surface area contributed by atoms with Crippen LogP contribution in [0.3, 0.4) is 0 Å². The lowest BCUT2D eigenvalue weighted by molar-refractivity contribution is 0.0844. The highest BCUT2D eigenvalue weighted by Gasteiger charge is 2.17. The molecule has 1 aromatic carbocycles. The SMILES string of the molecule is CC(=O)c1c[nH]c(C(=O)NNC(=O)c2ccc3c(c2)OCO3)c1. The van der Waals surface area contributed by atoms with Crippen molar-refractivity contribution in [1.82, 2.24) is 15.8 Å². The lowest BCUT2D eigenvalue weighted by Crippen LogP contribution is -2.41. The molecule has 0 aliphatic carbocycles. The second-order valence-corrected chi connectivity index (χ2v) is 4.83. The number of fused-ring (bicyclic) bond motifs is 1. The van der Waals surface area contributed by atoms with Gasteiger partial charge in [0.2, 0.25) is 6.79 Å². The Morgan fingerprint density at radius 1 is 1.00 bits per heavy atom. The zero-order valence-electron chi connectivity index (χ0n) is 12.1. The van der Waals surface area contributed by atoms with Crippen molar-refractivity contribution < 1.29 is 23.9 Å². The molecular formula is C15H13N3O5. The zero-order chi connectivity index (χ0) is 16.4. The molecule has 0 saturated heterocycles. The summed E-state index contributed by atoms with van der Waals surface area (Å²) in [5.41, 5.74) is 5.42. The number of carbonyl (C=O) groups excluding carboxylic acids is 3. The van der Waals surface area contributed by atoms with Crippen LogP contribution < -0.4 is 20.3 Å². The largest absolute Gasteiger partial charge is 0.454 e. The van der Waals surface area contributed by atoms with E-state index < -0.39 is 11.8 Å². The van der Waals surface area contributed by atoms with E-state index in [9.17, 15) is 14.4 Å². The second kappa shape index (κ2) is 5.84. The minimum atomic E-state index is -0.563. The molecule has 0 radical (unpaired) electrons. The summed E-state index contributed by atoms with van der Waals surface area (Å²) in [7, 11) is 0. The molecule has 8 nitrogen and oxygen atoms in total. The van der Waals surface area contributed by atoms with E-state index in [1.165, 1.54) is 25.3 Å². The van der Waals surface area contributed by atoms with E-state index >= 15 is 0 Å². The Bertz CT molecular complexity index is 796. The molecule has 2 heterocycles. The molecule has 2 amide bonds. The number of amides is 2. The number of benzene rings is 1. The lowest BCUT2D eigenvalue weighted by Gasteiger charge is -2.07. The summed E-state index contributed by atoms with van der Waals surface area (Å²) in [6.45, 7) is 1.51. The van der Waals surface area contributed by atoms with Gasteiger partial charge in [-0.2, -0.15) is 0 Å². The molecule has 118 valence electrons. The summed E-state index contributed by atoms with van der Waals surface area (Å²) in [6, 6.07) is 6.09. The minimum absolute atomic E-state index is 0.114. The van der Waals surface area contributed by atoms with Crippen LogP contribution in [0.5, 0.6) is 11.5 Å². The first kappa shape index (κ1) is 14.6.